The van der Waals surface area contributed by atoms with Crippen molar-refractivity contribution in [2.75, 3.05) is 0 Å². The Balaban J connectivity index is 2.55. The Morgan fingerprint density at radius 1 is 1.18 bits per heavy atom. The summed E-state index contributed by atoms with van der Waals surface area (Å²) in [6, 6.07) is 14.7. The second kappa shape index (κ2) is 5.01. The fourth-order valence-corrected chi connectivity index (χ4v) is 1.88. The SMILES string of the molecule is N#Cc1ccc(Cl)c(-c2cccc(CO)c2)c1. The van der Waals surface area contributed by atoms with E-state index in [4.69, 9.17) is 22.0 Å². The lowest BCUT2D eigenvalue weighted by Crippen LogP contribution is -1.86. The smallest absolute Gasteiger partial charge is 0.0991 e. The van der Waals surface area contributed by atoms with Crippen molar-refractivity contribution in [1.29, 1.82) is 5.26 Å². The third kappa shape index (κ3) is 2.47. The van der Waals surface area contributed by atoms with Gasteiger partial charge in [0.1, 0.15) is 0 Å². The topological polar surface area (TPSA) is 44.0 Å². The molecule has 0 aliphatic rings. The minimum atomic E-state index is -0.0105. The molecule has 0 aliphatic heterocycles. The van der Waals surface area contributed by atoms with E-state index in [0.717, 1.165) is 16.7 Å². The largest absolute Gasteiger partial charge is 0.392 e. The number of hydrogen-bond donors (Lipinski definition) is 1. The highest BCUT2D eigenvalue weighted by Crippen LogP contribution is 2.29. The van der Waals surface area contributed by atoms with E-state index in [1.807, 2.05) is 24.3 Å². The van der Waals surface area contributed by atoms with Crippen molar-refractivity contribution in [2.45, 2.75) is 6.61 Å². The maximum atomic E-state index is 9.09. The van der Waals surface area contributed by atoms with Crippen LogP contribution in [0.5, 0.6) is 0 Å². The lowest BCUT2D eigenvalue weighted by atomic mass is 10.0. The van der Waals surface area contributed by atoms with Crippen LogP contribution in [0.4, 0.5) is 0 Å². The predicted octanol–water partition coefficient (Wildman–Crippen LogP) is 3.37. The molecule has 84 valence electrons. The van der Waals surface area contributed by atoms with E-state index in [1.54, 1.807) is 18.2 Å². The third-order valence-corrected chi connectivity index (χ3v) is 2.85. The van der Waals surface area contributed by atoms with Gasteiger partial charge in [0, 0.05) is 10.6 Å². The van der Waals surface area contributed by atoms with Crippen LogP contribution in [0.15, 0.2) is 42.5 Å². The predicted molar refractivity (Wildman–Crippen MR) is 67.5 cm³/mol. The molecule has 1 N–H and O–H groups in total. The molecule has 0 bridgehead atoms. The molecule has 0 fully saturated rings. The summed E-state index contributed by atoms with van der Waals surface area (Å²) in [5.74, 6) is 0. The molecular weight excluding hydrogens is 234 g/mol. The van der Waals surface area contributed by atoms with E-state index < -0.39 is 0 Å². The van der Waals surface area contributed by atoms with Gasteiger partial charge in [0.25, 0.3) is 0 Å². The van der Waals surface area contributed by atoms with E-state index in [0.29, 0.717) is 10.6 Å². The molecule has 0 aliphatic carbocycles. The van der Waals surface area contributed by atoms with Crippen LogP contribution < -0.4 is 0 Å². The lowest BCUT2D eigenvalue weighted by Gasteiger charge is -2.06. The van der Waals surface area contributed by atoms with Gasteiger partial charge >= 0.3 is 0 Å². The molecule has 0 radical (unpaired) electrons. The van der Waals surface area contributed by atoms with Crippen LogP contribution in [-0.2, 0) is 6.61 Å². The summed E-state index contributed by atoms with van der Waals surface area (Å²) in [6.45, 7) is -0.0105. The zero-order chi connectivity index (χ0) is 12.3. The molecule has 0 saturated heterocycles. The van der Waals surface area contributed by atoms with Crippen LogP contribution in [0, 0.1) is 11.3 Å². The molecule has 0 saturated carbocycles. The van der Waals surface area contributed by atoms with Gasteiger partial charge in [-0.15, -0.1) is 0 Å². The quantitative estimate of drug-likeness (QED) is 0.879. The van der Waals surface area contributed by atoms with Crippen molar-refractivity contribution in [3.8, 4) is 17.2 Å². The summed E-state index contributed by atoms with van der Waals surface area (Å²) >= 11 is 6.11. The fourth-order valence-electron chi connectivity index (χ4n) is 1.65. The number of rotatable bonds is 2. The molecule has 0 heterocycles. The minimum Gasteiger partial charge on any atom is -0.392 e. The molecule has 0 aromatic heterocycles. The fraction of sp³-hybridized carbons (Fsp3) is 0.0714. The van der Waals surface area contributed by atoms with Gasteiger partial charge in [-0.2, -0.15) is 5.26 Å². The zero-order valence-electron chi connectivity index (χ0n) is 9.02. The number of nitriles is 1. The molecule has 2 nitrogen and oxygen atoms in total. The normalized spacial score (nSPS) is 9.94. The van der Waals surface area contributed by atoms with Gasteiger partial charge in [-0.3, -0.25) is 0 Å². The van der Waals surface area contributed by atoms with Crippen LogP contribution in [0.2, 0.25) is 5.02 Å². The van der Waals surface area contributed by atoms with Crippen molar-refractivity contribution < 1.29 is 5.11 Å². The van der Waals surface area contributed by atoms with Gasteiger partial charge in [-0.1, -0.05) is 29.8 Å². The van der Waals surface area contributed by atoms with Gasteiger partial charge in [0.2, 0.25) is 0 Å². The summed E-state index contributed by atoms with van der Waals surface area (Å²) in [4.78, 5) is 0. The molecule has 0 spiro atoms. The van der Waals surface area contributed by atoms with Crippen molar-refractivity contribution in [1.82, 2.24) is 0 Å². The first kappa shape index (κ1) is 11.7. The van der Waals surface area contributed by atoms with Crippen molar-refractivity contribution in [2.24, 2.45) is 0 Å². The maximum absolute atomic E-state index is 9.09. The Hall–Kier alpha value is -1.82. The molecule has 2 rings (SSSR count). The number of benzene rings is 2. The van der Waals surface area contributed by atoms with Crippen LogP contribution >= 0.6 is 11.6 Å². The average molecular weight is 244 g/mol. The maximum Gasteiger partial charge on any atom is 0.0991 e. The van der Waals surface area contributed by atoms with Gasteiger partial charge in [0.15, 0.2) is 0 Å². The summed E-state index contributed by atoms with van der Waals surface area (Å²) in [5.41, 5.74) is 3.10. The number of hydrogen-bond acceptors (Lipinski definition) is 2. The molecule has 0 amide bonds. The first-order chi connectivity index (χ1) is 8.24. The molecule has 0 atom stereocenters. The highest BCUT2D eigenvalue weighted by Gasteiger charge is 2.05. The monoisotopic (exact) mass is 243 g/mol. The highest BCUT2D eigenvalue weighted by atomic mass is 35.5. The van der Waals surface area contributed by atoms with Gasteiger partial charge in [-0.25, -0.2) is 0 Å². The summed E-state index contributed by atoms with van der Waals surface area (Å²) in [7, 11) is 0. The number of aliphatic hydroxyl groups excluding tert-OH is 1. The van der Waals surface area contributed by atoms with Gasteiger partial charge < -0.3 is 5.11 Å². The standard InChI is InChI=1S/C14H10ClNO/c15-14-5-4-10(8-16)7-13(14)12-3-1-2-11(6-12)9-17/h1-7,17H,9H2. The summed E-state index contributed by atoms with van der Waals surface area (Å²) < 4.78 is 0. The van der Waals surface area contributed by atoms with Crippen molar-refractivity contribution in [3.05, 3.63) is 58.6 Å². The number of nitrogens with zero attached hydrogens (tertiary/aromatic N) is 1. The second-order valence-corrected chi connectivity index (χ2v) is 4.07. The van der Waals surface area contributed by atoms with Crippen molar-refractivity contribution >= 4 is 11.6 Å². The molecule has 0 unspecified atom stereocenters. The second-order valence-electron chi connectivity index (χ2n) is 3.66. The Bertz CT molecular complexity index is 587. The number of halogens is 1. The zero-order valence-corrected chi connectivity index (χ0v) is 9.78. The summed E-state index contributed by atoms with van der Waals surface area (Å²) in [6.07, 6.45) is 0. The van der Waals surface area contributed by atoms with Gasteiger partial charge in [0.05, 0.1) is 18.2 Å². The molecule has 3 heteroatoms. The summed E-state index contributed by atoms with van der Waals surface area (Å²) in [5, 5.41) is 18.6. The Kier molecular flexibility index (Phi) is 3.43. The van der Waals surface area contributed by atoms with Gasteiger partial charge in [-0.05, 0) is 35.4 Å². The first-order valence-corrected chi connectivity index (χ1v) is 5.52. The molecular formula is C14H10ClNO. The van der Waals surface area contributed by atoms with E-state index in [2.05, 4.69) is 6.07 Å². The minimum absolute atomic E-state index is 0.0105. The average Bonchev–Trinajstić information content (AvgIpc) is 2.39. The number of aliphatic hydroxyl groups is 1. The first-order valence-electron chi connectivity index (χ1n) is 5.14. The third-order valence-electron chi connectivity index (χ3n) is 2.52. The highest BCUT2D eigenvalue weighted by molar-refractivity contribution is 6.33. The van der Waals surface area contributed by atoms with E-state index in [-0.39, 0.29) is 6.61 Å². The Labute approximate surface area is 105 Å². The van der Waals surface area contributed by atoms with Crippen LogP contribution in [0.25, 0.3) is 11.1 Å². The van der Waals surface area contributed by atoms with E-state index in [1.165, 1.54) is 0 Å². The Morgan fingerprint density at radius 3 is 2.71 bits per heavy atom. The van der Waals surface area contributed by atoms with Crippen LogP contribution in [0.1, 0.15) is 11.1 Å². The molecule has 2 aromatic carbocycles. The van der Waals surface area contributed by atoms with Crippen LogP contribution in [0.3, 0.4) is 0 Å². The Morgan fingerprint density at radius 2 is 2.00 bits per heavy atom. The van der Waals surface area contributed by atoms with Crippen LogP contribution in [-0.4, -0.2) is 5.11 Å². The molecule has 2 aromatic rings. The van der Waals surface area contributed by atoms with Crippen molar-refractivity contribution in [3.63, 3.8) is 0 Å². The lowest BCUT2D eigenvalue weighted by molar-refractivity contribution is 0.282. The van der Waals surface area contributed by atoms with E-state index in [9.17, 15) is 0 Å². The molecule has 17 heavy (non-hydrogen) atoms. The van der Waals surface area contributed by atoms with E-state index >= 15 is 0 Å².